The van der Waals surface area contributed by atoms with Gasteiger partial charge in [0.2, 0.25) is 0 Å². The fraction of sp³-hybridized carbons (Fsp3) is 0.143. The minimum atomic E-state index is -0.0997. The number of halogens is 1. The van der Waals surface area contributed by atoms with Crippen molar-refractivity contribution in [1.82, 2.24) is 0 Å². The van der Waals surface area contributed by atoms with Crippen molar-refractivity contribution in [3.05, 3.63) is 64.6 Å². The van der Waals surface area contributed by atoms with Gasteiger partial charge in [-0.2, -0.15) is 0 Å². The molecule has 2 rings (SSSR count). The third kappa shape index (κ3) is 3.32. The van der Waals surface area contributed by atoms with Crippen molar-refractivity contribution >= 4 is 15.9 Å². The molecule has 0 fully saturated rings. The fourth-order valence-electron chi connectivity index (χ4n) is 1.60. The molecule has 0 amide bonds. The van der Waals surface area contributed by atoms with Crippen molar-refractivity contribution in [2.24, 2.45) is 5.73 Å². The largest absolute Gasteiger partial charge is 0.484 e. The molecule has 2 aromatic carbocycles. The van der Waals surface area contributed by atoms with E-state index in [-0.39, 0.29) is 6.10 Å². The van der Waals surface area contributed by atoms with Gasteiger partial charge in [0.15, 0.2) is 0 Å². The Kier molecular flexibility index (Phi) is 4.18. The van der Waals surface area contributed by atoms with Gasteiger partial charge in [0.1, 0.15) is 11.9 Å². The molecule has 2 nitrogen and oxygen atoms in total. The quantitative estimate of drug-likeness (QED) is 0.935. The van der Waals surface area contributed by atoms with Crippen molar-refractivity contribution in [3.63, 3.8) is 0 Å². The van der Waals surface area contributed by atoms with Gasteiger partial charge >= 0.3 is 0 Å². The Morgan fingerprint density at radius 2 is 1.65 bits per heavy atom. The van der Waals surface area contributed by atoms with Crippen LogP contribution in [0.1, 0.15) is 11.7 Å². The molecular weight excluding hydrogens is 278 g/mol. The Hall–Kier alpha value is -1.32. The summed E-state index contributed by atoms with van der Waals surface area (Å²) in [7, 11) is 0. The van der Waals surface area contributed by atoms with Gasteiger partial charge in [-0.15, -0.1) is 0 Å². The molecule has 3 heteroatoms. The Bertz CT molecular complexity index is 455. The summed E-state index contributed by atoms with van der Waals surface area (Å²) < 4.78 is 6.89. The van der Waals surface area contributed by atoms with Crippen LogP contribution in [0.25, 0.3) is 0 Å². The predicted octanol–water partition coefficient (Wildman–Crippen LogP) is 3.53. The second-order valence-corrected chi connectivity index (χ2v) is 4.62. The number of rotatable bonds is 4. The highest BCUT2D eigenvalue weighted by molar-refractivity contribution is 9.10. The van der Waals surface area contributed by atoms with Gasteiger partial charge in [-0.1, -0.05) is 46.3 Å². The van der Waals surface area contributed by atoms with Crippen LogP contribution in [0.15, 0.2) is 59.1 Å². The first-order valence-electron chi connectivity index (χ1n) is 5.47. The standard InChI is InChI=1S/C14H14BrNO/c15-12-6-8-13(9-7-12)17-14(10-16)11-4-2-1-3-5-11/h1-9,14H,10,16H2. The lowest BCUT2D eigenvalue weighted by Crippen LogP contribution is -2.18. The highest BCUT2D eigenvalue weighted by atomic mass is 79.9. The van der Waals surface area contributed by atoms with Gasteiger partial charge in [-0.25, -0.2) is 0 Å². The Morgan fingerprint density at radius 1 is 1.00 bits per heavy atom. The van der Waals surface area contributed by atoms with E-state index in [1.165, 1.54) is 0 Å². The minimum Gasteiger partial charge on any atom is -0.484 e. The van der Waals surface area contributed by atoms with Crippen LogP contribution < -0.4 is 10.5 Å². The van der Waals surface area contributed by atoms with Gasteiger partial charge in [-0.05, 0) is 29.8 Å². The zero-order valence-corrected chi connectivity index (χ0v) is 10.9. The van der Waals surface area contributed by atoms with E-state index in [1.807, 2.05) is 54.6 Å². The Balaban J connectivity index is 2.13. The summed E-state index contributed by atoms with van der Waals surface area (Å²) in [6, 6.07) is 17.8. The molecule has 0 aliphatic carbocycles. The third-order valence-corrected chi connectivity index (χ3v) is 3.01. The summed E-state index contributed by atoms with van der Waals surface area (Å²) in [5.74, 6) is 0.826. The van der Waals surface area contributed by atoms with E-state index in [0.717, 1.165) is 15.8 Å². The summed E-state index contributed by atoms with van der Waals surface area (Å²) >= 11 is 3.39. The van der Waals surface area contributed by atoms with E-state index < -0.39 is 0 Å². The van der Waals surface area contributed by atoms with Crippen LogP contribution in [-0.4, -0.2) is 6.54 Å². The zero-order valence-electron chi connectivity index (χ0n) is 9.34. The molecular formula is C14H14BrNO. The van der Waals surface area contributed by atoms with E-state index in [0.29, 0.717) is 6.54 Å². The number of ether oxygens (including phenoxy) is 1. The molecule has 2 N–H and O–H groups in total. The van der Waals surface area contributed by atoms with Gasteiger partial charge in [-0.3, -0.25) is 0 Å². The smallest absolute Gasteiger partial charge is 0.136 e. The number of hydrogen-bond acceptors (Lipinski definition) is 2. The van der Waals surface area contributed by atoms with E-state index in [1.54, 1.807) is 0 Å². The zero-order chi connectivity index (χ0) is 12.1. The molecule has 2 aromatic rings. The van der Waals surface area contributed by atoms with E-state index in [4.69, 9.17) is 10.5 Å². The molecule has 17 heavy (non-hydrogen) atoms. The maximum absolute atomic E-state index is 5.86. The SMILES string of the molecule is NCC(Oc1ccc(Br)cc1)c1ccccc1. The van der Waals surface area contributed by atoms with Crippen LogP contribution in [0, 0.1) is 0 Å². The monoisotopic (exact) mass is 291 g/mol. The lowest BCUT2D eigenvalue weighted by Gasteiger charge is -2.17. The van der Waals surface area contributed by atoms with E-state index in [2.05, 4.69) is 15.9 Å². The molecule has 88 valence electrons. The molecule has 0 spiro atoms. The lowest BCUT2D eigenvalue weighted by atomic mass is 10.1. The summed E-state index contributed by atoms with van der Waals surface area (Å²) in [6.45, 7) is 0.458. The van der Waals surface area contributed by atoms with Crippen molar-refractivity contribution in [2.75, 3.05) is 6.54 Å². The fourth-order valence-corrected chi connectivity index (χ4v) is 1.86. The average Bonchev–Trinajstić information content (AvgIpc) is 2.39. The average molecular weight is 292 g/mol. The Labute approximate surface area is 110 Å². The number of hydrogen-bond donors (Lipinski definition) is 1. The molecule has 0 aliphatic rings. The van der Waals surface area contributed by atoms with Crippen LogP contribution in [0.2, 0.25) is 0 Å². The van der Waals surface area contributed by atoms with Crippen LogP contribution in [0.4, 0.5) is 0 Å². The maximum Gasteiger partial charge on any atom is 0.136 e. The Morgan fingerprint density at radius 3 is 2.24 bits per heavy atom. The topological polar surface area (TPSA) is 35.2 Å². The molecule has 0 saturated carbocycles. The summed E-state index contributed by atoms with van der Waals surface area (Å²) in [6.07, 6.45) is -0.0997. The second kappa shape index (κ2) is 5.84. The van der Waals surface area contributed by atoms with Crippen molar-refractivity contribution in [1.29, 1.82) is 0 Å². The molecule has 0 radical (unpaired) electrons. The normalized spacial score (nSPS) is 12.1. The summed E-state index contributed by atoms with van der Waals surface area (Å²) in [4.78, 5) is 0. The predicted molar refractivity (Wildman–Crippen MR) is 73.0 cm³/mol. The number of nitrogens with two attached hydrogens (primary N) is 1. The van der Waals surface area contributed by atoms with Crippen LogP contribution in [-0.2, 0) is 0 Å². The second-order valence-electron chi connectivity index (χ2n) is 3.71. The molecule has 0 bridgehead atoms. The number of benzene rings is 2. The molecule has 0 aromatic heterocycles. The molecule has 0 aliphatic heterocycles. The third-order valence-electron chi connectivity index (χ3n) is 2.48. The summed E-state index contributed by atoms with van der Waals surface area (Å²) in [5.41, 5.74) is 6.84. The van der Waals surface area contributed by atoms with Crippen molar-refractivity contribution in [3.8, 4) is 5.75 Å². The van der Waals surface area contributed by atoms with Crippen molar-refractivity contribution < 1.29 is 4.74 Å². The first kappa shape index (κ1) is 12.1. The highest BCUT2D eigenvalue weighted by Gasteiger charge is 2.10. The van der Waals surface area contributed by atoms with Gasteiger partial charge in [0.25, 0.3) is 0 Å². The van der Waals surface area contributed by atoms with Gasteiger partial charge < -0.3 is 10.5 Å². The molecule has 0 heterocycles. The first-order valence-corrected chi connectivity index (χ1v) is 6.26. The van der Waals surface area contributed by atoms with Crippen molar-refractivity contribution in [2.45, 2.75) is 6.10 Å². The van der Waals surface area contributed by atoms with E-state index >= 15 is 0 Å². The van der Waals surface area contributed by atoms with Crippen LogP contribution >= 0.6 is 15.9 Å². The first-order chi connectivity index (χ1) is 8.29. The molecule has 1 unspecified atom stereocenters. The highest BCUT2D eigenvalue weighted by Crippen LogP contribution is 2.22. The van der Waals surface area contributed by atoms with E-state index in [9.17, 15) is 0 Å². The van der Waals surface area contributed by atoms with Gasteiger partial charge in [0.05, 0.1) is 0 Å². The van der Waals surface area contributed by atoms with Gasteiger partial charge in [0, 0.05) is 11.0 Å². The molecule has 1 atom stereocenters. The van der Waals surface area contributed by atoms with Crippen LogP contribution in [0.5, 0.6) is 5.75 Å². The van der Waals surface area contributed by atoms with Crippen LogP contribution in [0.3, 0.4) is 0 Å². The lowest BCUT2D eigenvalue weighted by molar-refractivity contribution is 0.214. The maximum atomic E-state index is 5.86. The molecule has 0 saturated heterocycles. The summed E-state index contributed by atoms with van der Waals surface area (Å²) in [5, 5.41) is 0. The minimum absolute atomic E-state index is 0.0997.